The van der Waals surface area contributed by atoms with Crippen LogP contribution in [0.15, 0.2) is 30.3 Å². The Balaban J connectivity index is 1.59. The van der Waals surface area contributed by atoms with Gasteiger partial charge in [0, 0.05) is 25.2 Å². The summed E-state index contributed by atoms with van der Waals surface area (Å²) in [5.74, 6) is 0.129. The topological polar surface area (TPSA) is 58.4 Å². The number of rotatable bonds is 4. The second kappa shape index (κ2) is 6.54. The molecular weight excluding hydrogens is 290 g/mol. The number of benzene rings is 1. The van der Waals surface area contributed by atoms with Crippen LogP contribution in [0.1, 0.15) is 29.8 Å². The molecule has 1 atom stereocenters. The Morgan fingerprint density at radius 3 is 2.61 bits per heavy atom. The van der Waals surface area contributed by atoms with Crippen molar-refractivity contribution in [2.75, 3.05) is 13.1 Å². The summed E-state index contributed by atoms with van der Waals surface area (Å²) in [5, 5.41) is 14.0. The zero-order valence-corrected chi connectivity index (χ0v) is 13.7. The van der Waals surface area contributed by atoms with E-state index in [1.54, 1.807) is 4.90 Å². The predicted octanol–water partition coefficient (Wildman–Crippen LogP) is 2.01. The third-order valence-electron chi connectivity index (χ3n) is 4.33. The number of nitrogens with zero attached hydrogens (tertiary/aromatic N) is 3. The fourth-order valence-corrected chi connectivity index (χ4v) is 3.07. The number of likely N-dealkylation sites (tertiary alicyclic amines) is 1. The van der Waals surface area contributed by atoms with Crippen molar-refractivity contribution in [2.24, 2.45) is 0 Å². The smallest absolute Gasteiger partial charge is 0.222 e. The van der Waals surface area contributed by atoms with E-state index < -0.39 is 0 Å². The largest absolute Gasteiger partial charge is 0.391 e. The maximum absolute atomic E-state index is 12.1. The van der Waals surface area contributed by atoms with Crippen molar-refractivity contribution in [1.29, 1.82) is 0 Å². The molecule has 0 aliphatic carbocycles. The summed E-state index contributed by atoms with van der Waals surface area (Å²) >= 11 is 0. The summed E-state index contributed by atoms with van der Waals surface area (Å²) in [6, 6.07) is 10.2. The van der Waals surface area contributed by atoms with Crippen molar-refractivity contribution in [3.8, 4) is 5.69 Å². The molecule has 0 spiro atoms. The molecule has 122 valence electrons. The van der Waals surface area contributed by atoms with E-state index in [0.29, 0.717) is 25.9 Å². The van der Waals surface area contributed by atoms with Crippen LogP contribution in [0.4, 0.5) is 0 Å². The number of aliphatic hydroxyl groups is 1. The number of carbonyl (C=O) groups is 1. The molecule has 2 heterocycles. The summed E-state index contributed by atoms with van der Waals surface area (Å²) in [5.41, 5.74) is 4.29. The Bertz CT molecular complexity index is 691. The Morgan fingerprint density at radius 1 is 1.30 bits per heavy atom. The van der Waals surface area contributed by atoms with Crippen LogP contribution < -0.4 is 0 Å². The summed E-state index contributed by atoms with van der Waals surface area (Å²) in [6.07, 6.45) is 1.57. The highest BCUT2D eigenvalue weighted by molar-refractivity contribution is 5.76. The van der Waals surface area contributed by atoms with Crippen LogP contribution in [0.5, 0.6) is 0 Å². The molecule has 3 rings (SSSR count). The van der Waals surface area contributed by atoms with Gasteiger partial charge < -0.3 is 10.0 Å². The highest BCUT2D eigenvalue weighted by atomic mass is 16.3. The number of β-amino-alcohol motifs (C(OH)–C–C–N with tert-alkyl or cyclic N) is 1. The first-order valence-corrected chi connectivity index (χ1v) is 8.11. The predicted molar refractivity (Wildman–Crippen MR) is 88.6 cm³/mol. The number of aryl methyl sites for hydroxylation is 3. The van der Waals surface area contributed by atoms with Crippen molar-refractivity contribution in [2.45, 2.75) is 39.2 Å². The Morgan fingerprint density at radius 2 is 2.04 bits per heavy atom. The van der Waals surface area contributed by atoms with Crippen LogP contribution in [-0.2, 0) is 11.2 Å². The average Bonchev–Trinajstić information content (AvgIpc) is 3.11. The van der Waals surface area contributed by atoms with Gasteiger partial charge in [0.15, 0.2) is 0 Å². The second-order valence-electron chi connectivity index (χ2n) is 6.29. The van der Waals surface area contributed by atoms with Crippen LogP contribution in [0.2, 0.25) is 0 Å². The lowest BCUT2D eigenvalue weighted by atomic mass is 10.1. The summed E-state index contributed by atoms with van der Waals surface area (Å²) in [4.78, 5) is 13.9. The molecule has 1 N–H and O–H groups in total. The number of amides is 1. The molecular formula is C18H23N3O2. The summed E-state index contributed by atoms with van der Waals surface area (Å²) in [6.45, 7) is 5.18. The number of aromatic nitrogens is 2. The fraction of sp³-hybridized carbons (Fsp3) is 0.444. The standard InChI is InChI=1S/C18H23N3O2/c1-13-11-14(2)21(19-13)16-6-3-15(4-7-16)5-8-18(23)20-10-9-17(22)12-20/h3-4,6-7,11,17,22H,5,8-10,12H2,1-2H3. The molecule has 2 aromatic rings. The van der Waals surface area contributed by atoms with E-state index in [2.05, 4.69) is 23.3 Å². The van der Waals surface area contributed by atoms with E-state index in [0.717, 1.165) is 29.1 Å². The van der Waals surface area contributed by atoms with Gasteiger partial charge >= 0.3 is 0 Å². The zero-order valence-electron chi connectivity index (χ0n) is 13.7. The van der Waals surface area contributed by atoms with E-state index in [1.807, 2.05) is 30.7 Å². The lowest BCUT2D eigenvalue weighted by Gasteiger charge is -2.15. The Labute approximate surface area is 136 Å². The van der Waals surface area contributed by atoms with Crippen molar-refractivity contribution >= 4 is 5.91 Å². The van der Waals surface area contributed by atoms with Gasteiger partial charge in [-0.3, -0.25) is 4.79 Å². The number of aliphatic hydroxyl groups excluding tert-OH is 1. The van der Waals surface area contributed by atoms with Crippen molar-refractivity contribution < 1.29 is 9.90 Å². The maximum atomic E-state index is 12.1. The molecule has 1 amide bonds. The molecule has 1 aliphatic heterocycles. The van der Waals surface area contributed by atoms with E-state index in [-0.39, 0.29) is 12.0 Å². The van der Waals surface area contributed by atoms with Gasteiger partial charge in [-0.1, -0.05) is 12.1 Å². The number of hydrogen-bond donors (Lipinski definition) is 1. The van der Waals surface area contributed by atoms with Gasteiger partial charge in [0.1, 0.15) is 0 Å². The van der Waals surface area contributed by atoms with Gasteiger partial charge in [-0.15, -0.1) is 0 Å². The SMILES string of the molecule is Cc1cc(C)n(-c2ccc(CCC(=O)N3CCC(O)C3)cc2)n1. The van der Waals surface area contributed by atoms with E-state index in [4.69, 9.17) is 0 Å². The van der Waals surface area contributed by atoms with Gasteiger partial charge in [0.2, 0.25) is 5.91 Å². The zero-order chi connectivity index (χ0) is 16.4. The van der Waals surface area contributed by atoms with Gasteiger partial charge in [-0.05, 0) is 50.5 Å². The second-order valence-corrected chi connectivity index (χ2v) is 6.29. The van der Waals surface area contributed by atoms with E-state index in [9.17, 15) is 9.90 Å². The average molecular weight is 313 g/mol. The van der Waals surface area contributed by atoms with Crippen molar-refractivity contribution in [3.63, 3.8) is 0 Å². The van der Waals surface area contributed by atoms with Crippen molar-refractivity contribution in [1.82, 2.24) is 14.7 Å². The third-order valence-corrected chi connectivity index (χ3v) is 4.33. The lowest BCUT2D eigenvalue weighted by Crippen LogP contribution is -2.29. The highest BCUT2D eigenvalue weighted by Crippen LogP contribution is 2.15. The van der Waals surface area contributed by atoms with Gasteiger partial charge in [-0.25, -0.2) is 4.68 Å². The number of hydrogen-bond acceptors (Lipinski definition) is 3. The lowest BCUT2D eigenvalue weighted by molar-refractivity contribution is -0.130. The minimum absolute atomic E-state index is 0.129. The highest BCUT2D eigenvalue weighted by Gasteiger charge is 2.23. The normalized spacial score (nSPS) is 17.7. The number of carbonyl (C=O) groups excluding carboxylic acids is 1. The first kappa shape index (κ1) is 15.7. The van der Waals surface area contributed by atoms with Gasteiger partial charge in [0.05, 0.1) is 17.5 Å². The van der Waals surface area contributed by atoms with E-state index >= 15 is 0 Å². The van der Waals surface area contributed by atoms with Crippen LogP contribution in [0.25, 0.3) is 5.69 Å². The molecule has 1 aliphatic rings. The Hall–Kier alpha value is -2.14. The van der Waals surface area contributed by atoms with Crippen LogP contribution >= 0.6 is 0 Å². The summed E-state index contributed by atoms with van der Waals surface area (Å²) < 4.78 is 1.93. The quantitative estimate of drug-likeness (QED) is 0.939. The monoisotopic (exact) mass is 313 g/mol. The molecule has 1 fully saturated rings. The molecule has 0 bridgehead atoms. The molecule has 0 saturated carbocycles. The van der Waals surface area contributed by atoms with Gasteiger partial charge in [-0.2, -0.15) is 5.10 Å². The van der Waals surface area contributed by atoms with Crippen molar-refractivity contribution in [3.05, 3.63) is 47.3 Å². The molecule has 1 aromatic heterocycles. The van der Waals surface area contributed by atoms with Crippen LogP contribution in [0.3, 0.4) is 0 Å². The molecule has 23 heavy (non-hydrogen) atoms. The maximum Gasteiger partial charge on any atom is 0.222 e. The van der Waals surface area contributed by atoms with Crippen LogP contribution in [0, 0.1) is 13.8 Å². The first-order chi connectivity index (χ1) is 11.0. The minimum Gasteiger partial charge on any atom is -0.391 e. The summed E-state index contributed by atoms with van der Waals surface area (Å²) in [7, 11) is 0. The molecule has 5 heteroatoms. The fourth-order valence-electron chi connectivity index (χ4n) is 3.07. The molecule has 5 nitrogen and oxygen atoms in total. The third kappa shape index (κ3) is 3.62. The van der Waals surface area contributed by atoms with E-state index in [1.165, 1.54) is 0 Å². The molecule has 1 aromatic carbocycles. The minimum atomic E-state index is -0.348. The van der Waals surface area contributed by atoms with Crippen LogP contribution in [-0.4, -0.2) is 44.9 Å². The Kier molecular flexibility index (Phi) is 4.48. The molecule has 0 radical (unpaired) electrons. The first-order valence-electron chi connectivity index (χ1n) is 8.11. The molecule has 1 unspecified atom stereocenters. The molecule has 1 saturated heterocycles. The van der Waals surface area contributed by atoms with Gasteiger partial charge in [0.25, 0.3) is 0 Å².